The van der Waals surface area contributed by atoms with Crippen LogP contribution in [0.25, 0.3) is 0 Å². The molecule has 0 aromatic heterocycles. The van der Waals surface area contributed by atoms with Gasteiger partial charge in [0, 0.05) is 6.54 Å². The van der Waals surface area contributed by atoms with E-state index >= 15 is 0 Å². The third-order valence-electron chi connectivity index (χ3n) is 3.44. The van der Waals surface area contributed by atoms with E-state index in [1.54, 1.807) is 0 Å². The Kier molecular flexibility index (Phi) is 15.3. The van der Waals surface area contributed by atoms with Crippen LogP contribution in [-0.2, 0) is 14.2 Å². The molecule has 0 aromatic carbocycles. The van der Waals surface area contributed by atoms with Crippen molar-refractivity contribution < 1.29 is 34.0 Å². The lowest BCUT2D eigenvalue weighted by atomic mass is 10.3. The van der Waals surface area contributed by atoms with Gasteiger partial charge in [0.25, 0.3) is 0 Å². The first-order valence-electron chi connectivity index (χ1n) is 7.85. The summed E-state index contributed by atoms with van der Waals surface area (Å²) in [4.78, 5) is 0. The Bertz CT molecular complexity index is 216. The van der Waals surface area contributed by atoms with Gasteiger partial charge in [-0.05, 0) is 0 Å². The number of hydrogen-bond acceptors (Lipinski definition) is 7. The first-order chi connectivity index (χ1) is 10.7. The van der Waals surface area contributed by atoms with Crippen LogP contribution in [0.2, 0.25) is 0 Å². The van der Waals surface area contributed by atoms with E-state index < -0.39 is 0 Å². The summed E-state index contributed by atoms with van der Waals surface area (Å²) in [5.41, 5.74) is 5.29. The highest BCUT2D eigenvalue weighted by Gasteiger charge is 2.25. The van der Waals surface area contributed by atoms with Crippen LogP contribution in [0.5, 0.6) is 0 Å². The fraction of sp³-hybridized carbons (Fsp3) is 1.00. The average molecular weight is 325 g/mol. The molecule has 0 aliphatic rings. The van der Waals surface area contributed by atoms with Gasteiger partial charge < -0.3 is 39.7 Å². The second-order valence-electron chi connectivity index (χ2n) is 5.03. The van der Waals surface area contributed by atoms with Gasteiger partial charge >= 0.3 is 0 Å². The largest absolute Gasteiger partial charge is 0.391 e. The molecular weight excluding hydrogens is 292 g/mol. The Morgan fingerprint density at radius 1 is 0.591 bits per heavy atom. The molecule has 0 rings (SSSR count). The van der Waals surface area contributed by atoms with Gasteiger partial charge in [-0.3, -0.25) is 0 Å². The third-order valence-corrected chi connectivity index (χ3v) is 3.44. The van der Waals surface area contributed by atoms with Gasteiger partial charge in [0.05, 0.1) is 59.5 Å². The molecule has 0 amide bonds. The molecule has 0 atom stereocenters. The molecule has 0 aromatic rings. The molecule has 0 aliphatic heterocycles. The van der Waals surface area contributed by atoms with Crippen LogP contribution in [0.4, 0.5) is 0 Å². The van der Waals surface area contributed by atoms with Gasteiger partial charge in [0.2, 0.25) is 0 Å². The second-order valence-corrected chi connectivity index (χ2v) is 5.03. The monoisotopic (exact) mass is 325 g/mol. The maximum absolute atomic E-state index is 9.16. The van der Waals surface area contributed by atoms with E-state index in [1.165, 1.54) is 0 Å². The first-order valence-corrected chi connectivity index (χ1v) is 7.85. The quantitative estimate of drug-likeness (QED) is 0.177. The maximum Gasteiger partial charge on any atom is 0.103 e. The van der Waals surface area contributed by atoms with Crippen molar-refractivity contribution in [2.24, 2.45) is 5.73 Å². The Balaban J connectivity index is 3.70. The smallest absolute Gasteiger partial charge is 0.103 e. The summed E-state index contributed by atoms with van der Waals surface area (Å²) >= 11 is 0. The van der Waals surface area contributed by atoms with Crippen LogP contribution >= 0.6 is 0 Å². The minimum atomic E-state index is 0.0198. The van der Waals surface area contributed by atoms with Gasteiger partial charge in [-0.1, -0.05) is 0 Å². The zero-order valence-corrected chi connectivity index (χ0v) is 13.5. The molecule has 0 fully saturated rings. The van der Waals surface area contributed by atoms with Gasteiger partial charge in [-0.15, -0.1) is 0 Å². The number of aliphatic hydroxyl groups is 3. The highest BCUT2D eigenvalue weighted by Crippen LogP contribution is 2.05. The number of aliphatic hydroxyl groups excluding tert-OH is 3. The zero-order chi connectivity index (χ0) is 16.5. The van der Waals surface area contributed by atoms with Crippen LogP contribution < -0.4 is 5.73 Å². The Hall–Kier alpha value is -0.320. The summed E-state index contributed by atoms with van der Waals surface area (Å²) in [6.07, 6.45) is 0. The number of rotatable bonds is 17. The molecule has 8 heteroatoms. The van der Waals surface area contributed by atoms with Gasteiger partial charge in [-0.25, -0.2) is 0 Å². The molecule has 8 nitrogen and oxygen atoms in total. The number of nitrogens with zero attached hydrogens (tertiary/aromatic N) is 1. The Morgan fingerprint density at radius 3 is 1.41 bits per heavy atom. The molecule has 22 heavy (non-hydrogen) atoms. The minimum absolute atomic E-state index is 0.0198. The maximum atomic E-state index is 9.16. The standard InChI is InChI=1S/C14H33N2O6/c15-1-9-20-11-13-22-14-12-21-10-5-16(2-6-17,3-7-18)4-8-19/h17-19H,1-15H2/q+1. The SMILES string of the molecule is NCCOCCOCCOCC[N+](CCO)(CCO)CCO. The van der Waals surface area contributed by atoms with Crippen molar-refractivity contribution in [1.82, 2.24) is 0 Å². The fourth-order valence-electron chi connectivity index (χ4n) is 2.19. The molecule has 0 aliphatic carbocycles. The summed E-state index contributed by atoms with van der Waals surface area (Å²) in [6.45, 7) is 5.76. The zero-order valence-electron chi connectivity index (χ0n) is 13.5. The summed E-state index contributed by atoms with van der Waals surface area (Å²) < 4.78 is 16.5. The molecule has 0 spiro atoms. The fourth-order valence-corrected chi connectivity index (χ4v) is 2.19. The normalized spacial score (nSPS) is 12.0. The van der Waals surface area contributed by atoms with Crippen molar-refractivity contribution in [2.75, 3.05) is 92.2 Å². The Labute approximate surface area is 133 Å². The van der Waals surface area contributed by atoms with E-state index in [-0.39, 0.29) is 19.8 Å². The van der Waals surface area contributed by atoms with Gasteiger partial charge in [0.15, 0.2) is 0 Å². The van der Waals surface area contributed by atoms with Crippen LogP contribution in [0.15, 0.2) is 0 Å². The average Bonchev–Trinajstić information content (AvgIpc) is 2.50. The molecule has 0 heterocycles. The van der Waals surface area contributed by atoms with Crippen molar-refractivity contribution in [2.45, 2.75) is 0 Å². The topological polar surface area (TPSA) is 114 Å². The number of nitrogens with two attached hydrogens (primary N) is 1. The van der Waals surface area contributed by atoms with Gasteiger partial charge in [0.1, 0.15) is 26.2 Å². The lowest BCUT2D eigenvalue weighted by Crippen LogP contribution is -2.55. The third kappa shape index (κ3) is 11.3. The number of hydrogen-bond donors (Lipinski definition) is 4. The van der Waals surface area contributed by atoms with Crippen molar-refractivity contribution in [3.05, 3.63) is 0 Å². The first kappa shape index (κ1) is 21.7. The van der Waals surface area contributed by atoms with Crippen LogP contribution in [-0.4, -0.2) is 112 Å². The lowest BCUT2D eigenvalue weighted by molar-refractivity contribution is -0.929. The molecule has 0 radical (unpaired) electrons. The molecule has 0 saturated heterocycles. The van der Waals surface area contributed by atoms with E-state index in [2.05, 4.69) is 0 Å². The summed E-state index contributed by atoms with van der Waals surface area (Å²) in [6, 6.07) is 0. The van der Waals surface area contributed by atoms with Gasteiger partial charge in [-0.2, -0.15) is 0 Å². The minimum Gasteiger partial charge on any atom is -0.391 e. The van der Waals surface area contributed by atoms with E-state index in [4.69, 9.17) is 35.3 Å². The summed E-state index contributed by atoms with van der Waals surface area (Å²) in [5, 5.41) is 27.5. The van der Waals surface area contributed by atoms with E-state index in [9.17, 15) is 0 Å². The Morgan fingerprint density at radius 2 is 1.00 bits per heavy atom. The number of quaternary nitrogens is 1. The molecule has 5 N–H and O–H groups in total. The predicted molar refractivity (Wildman–Crippen MR) is 82.5 cm³/mol. The second kappa shape index (κ2) is 15.6. The lowest BCUT2D eigenvalue weighted by Gasteiger charge is -2.37. The molecule has 0 saturated carbocycles. The van der Waals surface area contributed by atoms with Crippen molar-refractivity contribution in [3.63, 3.8) is 0 Å². The highest BCUT2D eigenvalue weighted by molar-refractivity contribution is 4.45. The van der Waals surface area contributed by atoms with Crippen LogP contribution in [0, 0.1) is 0 Å². The van der Waals surface area contributed by atoms with Crippen molar-refractivity contribution >= 4 is 0 Å². The summed E-state index contributed by atoms with van der Waals surface area (Å²) in [5.74, 6) is 0. The predicted octanol–water partition coefficient (Wildman–Crippen LogP) is -2.21. The molecular formula is C14H33N2O6+. The number of ether oxygens (including phenoxy) is 3. The van der Waals surface area contributed by atoms with Crippen molar-refractivity contribution in [1.29, 1.82) is 0 Å². The van der Waals surface area contributed by atoms with E-state index in [1.807, 2.05) is 0 Å². The molecule has 0 unspecified atom stereocenters. The van der Waals surface area contributed by atoms with Crippen LogP contribution in [0.3, 0.4) is 0 Å². The molecule has 0 bridgehead atoms. The van der Waals surface area contributed by atoms with Crippen molar-refractivity contribution in [3.8, 4) is 0 Å². The van der Waals surface area contributed by atoms with E-state index in [0.717, 1.165) is 0 Å². The molecule has 134 valence electrons. The van der Waals surface area contributed by atoms with Crippen LogP contribution in [0.1, 0.15) is 0 Å². The van der Waals surface area contributed by atoms with E-state index in [0.29, 0.717) is 76.8 Å². The summed E-state index contributed by atoms with van der Waals surface area (Å²) in [7, 11) is 0. The highest BCUT2D eigenvalue weighted by atomic mass is 16.5.